The molecule has 295 valence electrons. The van der Waals surface area contributed by atoms with Crippen LogP contribution in [0.1, 0.15) is 43.1 Å². The average molecular weight is 1100 g/mol. The fraction of sp³-hybridized carbons (Fsp3) is 0.333. The molecule has 0 saturated carbocycles. The molecule has 3 rings (SSSR count). The maximum Gasteiger partial charge on any atom is 0.369 e. The molecule has 5 radical (unpaired) electrons. The summed E-state index contributed by atoms with van der Waals surface area (Å²) in [5.41, 5.74) is 0. The third-order valence-electron chi connectivity index (χ3n) is 4.82. The van der Waals surface area contributed by atoms with Gasteiger partial charge in [-0.3, -0.25) is 4.93 Å². The van der Waals surface area contributed by atoms with Gasteiger partial charge in [0, 0.05) is 47.8 Å². The van der Waals surface area contributed by atoms with Gasteiger partial charge < -0.3 is 44.0 Å². The van der Waals surface area contributed by atoms with Gasteiger partial charge in [-0.25, -0.2) is 35.1 Å². The van der Waals surface area contributed by atoms with Gasteiger partial charge in [-0.05, 0) is 98.8 Å². The number of halogens is 3. The summed E-state index contributed by atoms with van der Waals surface area (Å²) in [6, 6.07) is 18.1. The van der Waals surface area contributed by atoms with E-state index < -0.39 is 29.1 Å². The van der Waals surface area contributed by atoms with E-state index in [9.17, 15) is 25.3 Å². The standard InChI is InChI=1S/C9H13BNO3S.C8H9BClO3S.C8H11BNO3S.CH2I.3CH4.CH3.HI.2V/c1-3-10-14-8-4-6-9(7-5-8)15(12,13)11-2;2*1-2-9-13-7-3-5-8(6-4-7)14(10,11)12;1-2;;;;;;;/h4-7,11H,3H2,1-2H3;3-6H,2H2,1H3;3-6H,2H2,1H3,(H2,10,11,12);1H2;3*1H4;1H3;1H;;/q;;;-1;;;;-1;;;. The second kappa shape index (κ2) is 37.8. The number of benzene rings is 3. The van der Waals surface area contributed by atoms with E-state index in [1.165, 1.54) is 43.4 Å². The van der Waals surface area contributed by atoms with Crippen LogP contribution in [0.15, 0.2) is 87.5 Å². The SMILES string of the molecule is C.C.C.CC[B]Oc1ccc(S(=O)(=O)Cl)cc1.CC[B]Oc1ccc(S(=O)(=O)NC)cc1.CC[B]Oc1ccc(S(N)(=O)=O)cc1.I.[CH2-]I.[CH3-].[V].[V]. The topological polar surface area (TPSA) is 168 Å². The molecule has 0 aliphatic heterocycles. The van der Waals surface area contributed by atoms with Gasteiger partial charge in [0.15, 0.2) is 0 Å². The molecular weight excluding hydrogens is 1050 g/mol. The Kier molecular flexibility index (Phi) is 50.8. The molecule has 3 aromatic rings. The van der Waals surface area contributed by atoms with Gasteiger partial charge in [0.25, 0.3) is 9.05 Å². The van der Waals surface area contributed by atoms with Crippen LogP contribution in [-0.2, 0) is 66.2 Å². The molecule has 0 spiro atoms. The average Bonchev–Trinajstić information content (AvgIpc) is 3.03. The Morgan fingerprint density at radius 1 is 0.635 bits per heavy atom. The zero-order chi connectivity index (χ0) is 34.5. The Bertz CT molecular complexity index is 1510. The van der Waals surface area contributed by atoms with Gasteiger partial charge in [-0.1, -0.05) is 43.1 Å². The van der Waals surface area contributed by atoms with Crippen molar-refractivity contribution in [1.82, 2.24) is 4.72 Å². The van der Waals surface area contributed by atoms with Crippen molar-refractivity contribution in [2.24, 2.45) is 5.14 Å². The van der Waals surface area contributed by atoms with E-state index in [1.807, 2.05) is 43.4 Å². The number of primary sulfonamides is 1. The smallest absolute Gasteiger partial charge is 0.369 e. The largest absolute Gasteiger partial charge is 0.563 e. The number of rotatable bonds is 13. The molecule has 22 heteroatoms. The molecule has 0 bridgehead atoms. The van der Waals surface area contributed by atoms with Crippen LogP contribution >= 0.6 is 57.2 Å². The fourth-order valence-corrected chi connectivity index (χ4v) is 4.76. The van der Waals surface area contributed by atoms with Crippen molar-refractivity contribution in [2.75, 3.05) is 7.05 Å². The van der Waals surface area contributed by atoms with Crippen molar-refractivity contribution in [1.29, 1.82) is 0 Å². The minimum atomic E-state index is -3.63. The number of nitrogens with one attached hydrogen (secondary N) is 1. The van der Waals surface area contributed by atoms with Crippen LogP contribution in [0.25, 0.3) is 0 Å². The number of hydrogen-bond donors (Lipinski definition) is 2. The van der Waals surface area contributed by atoms with Crippen molar-refractivity contribution < 1.29 is 76.3 Å². The van der Waals surface area contributed by atoms with Gasteiger partial charge in [0.1, 0.15) is 0 Å². The molecule has 3 N–H and O–H groups in total. The molecule has 0 aliphatic rings. The summed E-state index contributed by atoms with van der Waals surface area (Å²) >= 11 is 1.90. The van der Waals surface area contributed by atoms with E-state index in [0.29, 0.717) is 17.2 Å². The summed E-state index contributed by atoms with van der Waals surface area (Å²) in [5, 5.41) is 4.93. The number of sulfonamides is 2. The van der Waals surface area contributed by atoms with E-state index in [2.05, 4.69) is 9.65 Å². The van der Waals surface area contributed by atoms with Gasteiger partial charge in [0.2, 0.25) is 20.0 Å². The van der Waals surface area contributed by atoms with E-state index in [4.69, 9.17) is 29.8 Å². The minimum Gasteiger partial charge on any atom is -0.563 e. The molecule has 0 aromatic heterocycles. The maximum atomic E-state index is 11.4. The van der Waals surface area contributed by atoms with Gasteiger partial charge in [-0.2, -0.15) is 0 Å². The summed E-state index contributed by atoms with van der Waals surface area (Å²) in [4.78, 5) is 3.61. The molecule has 0 fully saturated rings. The van der Waals surface area contributed by atoms with Crippen molar-refractivity contribution in [3.8, 4) is 17.2 Å². The second-order valence-electron chi connectivity index (χ2n) is 8.18. The molecule has 0 atom stereocenters. The van der Waals surface area contributed by atoms with Crippen LogP contribution in [-0.4, -0.2) is 54.7 Å². The summed E-state index contributed by atoms with van der Waals surface area (Å²) in [6.45, 7) is 5.84. The molecule has 0 saturated heterocycles. The quantitative estimate of drug-likeness (QED) is 0.0746. The van der Waals surface area contributed by atoms with Crippen LogP contribution in [0.2, 0.25) is 19.0 Å². The Hall–Kier alpha value is -0.0564. The van der Waals surface area contributed by atoms with Gasteiger partial charge in [-0.15, -0.1) is 24.0 Å². The van der Waals surface area contributed by atoms with Crippen LogP contribution in [0.5, 0.6) is 17.2 Å². The van der Waals surface area contributed by atoms with E-state index in [1.54, 1.807) is 58.8 Å². The molecule has 52 heavy (non-hydrogen) atoms. The van der Waals surface area contributed by atoms with E-state index >= 15 is 0 Å². The first kappa shape index (κ1) is 69.8. The normalized spacial score (nSPS) is 9.23. The van der Waals surface area contributed by atoms with Crippen molar-refractivity contribution in [3.05, 3.63) is 85.2 Å². The number of nitrogens with two attached hydrogens (primary N) is 1. The molecule has 0 unspecified atom stereocenters. The predicted molar refractivity (Wildman–Crippen MR) is 232 cm³/mol. The summed E-state index contributed by atoms with van der Waals surface area (Å²) in [6.07, 6.45) is 2.38. The summed E-state index contributed by atoms with van der Waals surface area (Å²) in [5.74, 6) is 1.82. The molecular formula is C30H51B3ClI2N2O9S3V2-2. The molecule has 3 aromatic carbocycles. The second-order valence-corrected chi connectivity index (χ2v) is 14.2. The van der Waals surface area contributed by atoms with Gasteiger partial charge in [0.05, 0.1) is 31.9 Å². The van der Waals surface area contributed by atoms with Crippen molar-refractivity contribution >= 4 is 109 Å². The Labute approximate surface area is 377 Å². The first-order valence-electron chi connectivity index (χ1n) is 13.1. The predicted octanol–water partition coefficient (Wildman–Crippen LogP) is 8.04. The monoisotopic (exact) mass is 1100 g/mol. The maximum absolute atomic E-state index is 11.4. The molecule has 0 aliphatic carbocycles. The summed E-state index contributed by atoms with van der Waals surface area (Å²) < 4.78 is 84.0. The zero-order valence-corrected chi connectivity index (χ0v) is 38.0. The molecule has 0 heterocycles. The third-order valence-corrected chi connectivity index (χ3v) is 8.55. The number of hydrogen-bond acceptors (Lipinski definition) is 9. The van der Waals surface area contributed by atoms with Crippen LogP contribution in [0, 0.1) is 12.4 Å². The van der Waals surface area contributed by atoms with Crippen LogP contribution in [0.3, 0.4) is 0 Å². The fourth-order valence-electron chi connectivity index (χ4n) is 2.74. The minimum absolute atomic E-state index is 0. The van der Waals surface area contributed by atoms with E-state index in [-0.39, 0.29) is 105 Å². The first-order chi connectivity index (χ1) is 21.2. The van der Waals surface area contributed by atoms with Crippen molar-refractivity contribution in [3.63, 3.8) is 0 Å². The van der Waals surface area contributed by atoms with Crippen LogP contribution in [0.4, 0.5) is 0 Å². The van der Waals surface area contributed by atoms with Crippen molar-refractivity contribution in [2.45, 2.75) is 76.7 Å². The summed E-state index contributed by atoms with van der Waals surface area (Å²) in [7, 11) is 0.842. The molecule has 0 amide bonds. The first-order valence-corrected chi connectivity index (χ1v) is 20.0. The van der Waals surface area contributed by atoms with E-state index in [0.717, 1.165) is 19.0 Å². The van der Waals surface area contributed by atoms with Gasteiger partial charge >= 0.3 is 22.4 Å². The Balaban J connectivity index is -0.0000000852. The Morgan fingerprint density at radius 2 is 0.885 bits per heavy atom. The zero-order valence-electron chi connectivity index (χ0n) is 27.5. The molecule has 11 nitrogen and oxygen atoms in total. The third kappa shape index (κ3) is 30.2. The van der Waals surface area contributed by atoms with Crippen LogP contribution < -0.4 is 23.8 Å². The Morgan fingerprint density at radius 3 is 1.10 bits per heavy atom.